The summed E-state index contributed by atoms with van der Waals surface area (Å²) in [5.41, 5.74) is 7.81. The standard InChI is InChI=1S/C16H17FN2O/c1-3-19(13-6-4-5-12(18)10-13)16(20)14-8-7-11(2)9-15(14)17/h4-10H,3,18H2,1-2H3. The Morgan fingerprint density at radius 1 is 1.25 bits per heavy atom. The van der Waals surface area contributed by atoms with Crippen LogP contribution in [0, 0.1) is 12.7 Å². The topological polar surface area (TPSA) is 46.3 Å². The van der Waals surface area contributed by atoms with Gasteiger partial charge in [0.25, 0.3) is 5.91 Å². The third kappa shape index (κ3) is 2.79. The summed E-state index contributed by atoms with van der Waals surface area (Å²) in [6, 6.07) is 11.6. The van der Waals surface area contributed by atoms with Crippen LogP contribution in [0.3, 0.4) is 0 Å². The Hall–Kier alpha value is -2.36. The molecule has 0 aromatic heterocycles. The van der Waals surface area contributed by atoms with Gasteiger partial charge in [0, 0.05) is 17.9 Å². The van der Waals surface area contributed by atoms with E-state index in [0.717, 1.165) is 5.56 Å². The van der Waals surface area contributed by atoms with Gasteiger partial charge in [0.15, 0.2) is 0 Å². The molecule has 0 aliphatic heterocycles. The summed E-state index contributed by atoms with van der Waals surface area (Å²) in [6.07, 6.45) is 0. The van der Waals surface area contributed by atoms with E-state index in [0.29, 0.717) is 17.9 Å². The fourth-order valence-corrected chi connectivity index (χ4v) is 2.08. The van der Waals surface area contributed by atoms with Crippen LogP contribution in [0.25, 0.3) is 0 Å². The van der Waals surface area contributed by atoms with Crippen molar-refractivity contribution in [2.45, 2.75) is 13.8 Å². The van der Waals surface area contributed by atoms with Crippen LogP contribution >= 0.6 is 0 Å². The van der Waals surface area contributed by atoms with Gasteiger partial charge in [0.1, 0.15) is 5.82 Å². The smallest absolute Gasteiger partial charge is 0.261 e. The highest BCUT2D eigenvalue weighted by atomic mass is 19.1. The fourth-order valence-electron chi connectivity index (χ4n) is 2.08. The van der Waals surface area contributed by atoms with E-state index in [1.165, 1.54) is 17.0 Å². The second-order valence-electron chi connectivity index (χ2n) is 4.63. The van der Waals surface area contributed by atoms with Crippen molar-refractivity contribution in [1.82, 2.24) is 0 Å². The lowest BCUT2D eigenvalue weighted by atomic mass is 10.1. The molecule has 4 heteroatoms. The number of hydrogen-bond acceptors (Lipinski definition) is 2. The molecule has 20 heavy (non-hydrogen) atoms. The number of carbonyl (C=O) groups is 1. The van der Waals surface area contributed by atoms with Crippen molar-refractivity contribution >= 4 is 17.3 Å². The van der Waals surface area contributed by atoms with Gasteiger partial charge in [-0.3, -0.25) is 4.79 Å². The van der Waals surface area contributed by atoms with Gasteiger partial charge in [-0.15, -0.1) is 0 Å². The second kappa shape index (κ2) is 5.74. The summed E-state index contributed by atoms with van der Waals surface area (Å²) in [5.74, 6) is -0.868. The Morgan fingerprint density at radius 2 is 2.00 bits per heavy atom. The van der Waals surface area contributed by atoms with Crippen molar-refractivity contribution < 1.29 is 9.18 Å². The molecule has 0 fully saturated rings. The highest BCUT2D eigenvalue weighted by Crippen LogP contribution is 2.21. The first-order valence-corrected chi connectivity index (χ1v) is 6.46. The molecule has 0 bridgehead atoms. The zero-order valence-electron chi connectivity index (χ0n) is 11.6. The third-order valence-electron chi connectivity index (χ3n) is 3.10. The van der Waals surface area contributed by atoms with Crippen LogP contribution in [0.1, 0.15) is 22.8 Å². The number of nitrogens with two attached hydrogens (primary N) is 1. The maximum atomic E-state index is 13.9. The molecule has 0 saturated carbocycles. The van der Waals surface area contributed by atoms with E-state index < -0.39 is 5.82 Å². The molecule has 0 aliphatic carbocycles. The Balaban J connectivity index is 2.39. The average molecular weight is 272 g/mol. The van der Waals surface area contributed by atoms with Crippen molar-refractivity contribution in [1.29, 1.82) is 0 Å². The SMILES string of the molecule is CCN(C(=O)c1ccc(C)cc1F)c1cccc(N)c1. The van der Waals surface area contributed by atoms with Crippen molar-refractivity contribution in [2.24, 2.45) is 0 Å². The van der Waals surface area contributed by atoms with Gasteiger partial charge in [-0.05, 0) is 49.7 Å². The van der Waals surface area contributed by atoms with Crippen LogP contribution in [0.15, 0.2) is 42.5 Å². The summed E-state index contributed by atoms with van der Waals surface area (Å²) in [7, 11) is 0. The van der Waals surface area contributed by atoms with Crippen LogP contribution < -0.4 is 10.6 Å². The number of halogens is 1. The van der Waals surface area contributed by atoms with Crippen molar-refractivity contribution in [2.75, 3.05) is 17.2 Å². The average Bonchev–Trinajstić information content (AvgIpc) is 2.39. The van der Waals surface area contributed by atoms with E-state index in [-0.39, 0.29) is 11.5 Å². The number of anilines is 2. The highest BCUT2D eigenvalue weighted by Gasteiger charge is 2.19. The Bertz CT molecular complexity index is 640. The lowest BCUT2D eigenvalue weighted by molar-refractivity contribution is 0.0984. The number of nitrogen functional groups attached to an aromatic ring is 1. The van der Waals surface area contributed by atoms with E-state index in [4.69, 9.17) is 5.73 Å². The summed E-state index contributed by atoms with van der Waals surface area (Å²) >= 11 is 0. The minimum atomic E-state index is -0.502. The van der Waals surface area contributed by atoms with Gasteiger partial charge in [-0.2, -0.15) is 0 Å². The summed E-state index contributed by atoms with van der Waals surface area (Å²) in [4.78, 5) is 14.0. The first kappa shape index (κ1) is 14.1. The Labute approximate surface area is 117 Å². The molecule has 1 amide bonds. The number of hydrogen-bond donors (Lipinski definition) is 1. The minimum Gasteiger partial charge on any atom is -0.399 e. The van der Waals surface area contributed by atoms with Crippen molar-refractivity contribution in [3.8, 4) is 0 Å². The number of carbonyl (C=O) groups excluding carboxylic acids is 1. The number of amides is 1. The lowest BCUT2D eigenvalue weighted by Gasteiger charge is -2.21. The number of benzene rings is 2. The first-order valence-electron chi connectivity index (χ1n) is 6.46. The molecule has 2 aromatic carbocycles. The lowest BCUT2D eigenvalue weighted by Crippen LogP contribution is -2.31. The normalized spacial score (nSPS) is 10.3. The second-order valence-corrected chi connectivity index (χ2v) is 4.63. The largest absolute Gasteiger partial charge is 0.399 e. The highest BCUT2D eigenvalue weighted by molar-refractivity contribution is 6.06. The molecular weight excluding hydrogens is 255 g/mol. The molecule has 104 valence electrons. The van der Waals surface area contributed by atoms with Crippen molar-refractivity contribution in [3.05, 3.63) is 59.4 Å². The predicted molar refractivity (Wildman–Crippen MR) is 79.3 cm³/mol. The zero-order valence-corrected chi connectivity index (χ0v) is 11.6. The number of rotatable bonds is 3. The van der Waals surface area contributed by atoms with Crippen LogP contribution in [0.2, 0.25) is 0 Å². The third-order valence-corrected chi connectivity index (χ3v) is 3.10. The van der Waals surface area contributed by atoms with E-state index >= 15 is 0 Å². The molecular formula is C16H17FN2O. The van der Waals surface area contributed by atoms with Crippen LogP contribution in [0.4, 0.5) is 15.8 Å². The summed E-state index contributed by atoms with van der Waals surface area (Å²) < 4.78 is 13.9. The molecule has 2 aromatic rings. The van der Waals surface area contributed by atoms with Crippen LogP contribution in [-0.4, -0.2) is 12.5 Å². The molecule has 0 atom stereocenters. The summed E-state index contributed by atoms with van der Waals surface area (Å²) in [5, 5.41) is 0. The summed E-state index contributed by atoms with van der Waals surface area (Å²) in [6.45, 7) is 4.07. The van der Waals surface area contributed by atoms with Crippen LogP contribution in [0.5, 0.6) is 0 Å². The first-order chi connectivity index (χ1) is 9.52. The van der Waals surface area contributed by atoms with Gasteiger partial charge in [-0.1, -0.05) is 12.1 Å². The van der Waals surface area contributed by atoms with E-state index in [1.54, 1.807) is 37.3 Å². The van der Waals surface area contributed by atoms with Gasteiger partial charge in [0.05, 0.1) is 5.56 Å². The molecule has 2 N–H and O–H groups in total. The quantitative estimate of drug-likeness (QED) is 0.871. The Kier molecular flexibility index (Phi) is 4.03. The molecule has 2 rings (SSSR count). The molecule has 0 spiro atoms. The zero-order chi connectivity index (χ0) is 14.7. The molecule has 0 saturated heterocycles. The monoisotopic (exact) mass is 272 g/mol. The molecule has 0 radical (unpaired) electrons. The molecule has 0 heterocycles. The number of nitrogens with zero attached hydrogens (tertiary/aromatic N) is 1. The predicted octanol–water partition coefficient (Wildman–Crippen LogP) is 3.38. The van der Waals surface area contributed by atoms with Gasteiger partial charge >= 0.3 is 0 Å². The van der Waals surface area contributed by atoms with Crippen LogP contribution in [-0.2, 0) is 0 Å². The van der Waals surface area contributed by atoms with E-state index in [2.05, 4.69) is 0 Å². The van der Waals surface area contributed by atoms with Gasteiger partial charge < -0.3 is 10.6 Å². The van der Waals surface area contributed by atoms with E-state index in [9.17, 15) is 9.18 Å². The van der Waals surface area contributed by atoms with Gasteiger partial charge in [-0.25, -0.2) is 4.39 Å². The van der Waals surface area contributed by atoms with Crippen molar-refractivity contribution in [3.63, 3.8) is 0 Å². The number of aryl methyl sites for hydroxylation is 1. The maximum absolute atomic E-state index is 13.9. The fraction of sp³-hybridized carbons (Fsp3) is 0.188. The minimum absolute atomic E-state index is 0.0693. The molecule has 3 nitrogen and oxygen atoms in total. The van der Waals surface area contributed by atoms with E-state index in [1.807, 2.05) is 6.92 Å². The molecule has 0 unspecified atom stereocenters. The molecule has 0 aliphatic rings. The van der Waals surface area contributed by atoms with Gasteiger partial charge in [0.2, 0.25) is 0 Å². The Morgan fingerprint density at radius 3 is 2.60 bits per heavy atom. The maximum Gasteiger partial charge on any atom is 0.261 e.